The van der Waals surface area contributed by atoms with Gasteiger partial charge in [-0.15, -0.1) is 24.0 Å². The summed E-state index contributed by atoms with van der Waals surface area (Å²) in [7, 11) is 0. The van der Waals surface area contributed by atoms with Gasteiger partial charge in [0, 0.05) is 24.6 Å². The van der Waals surface area contributed by atoms with Gasteiger partial charge in [-0.1, -0.05) is 18.2 Å². The Kier molecular flexibility index (Phi) is 7.14. The van der Waals surface area contributed by atoms with Crippen LogP contribution in [0.3, 0.4) is 0 Å². The second kappa shape index (κ2) is 8.92. The van der Waals surface area contributed by atoms with E-state index in [0.29, 0.717) is 12.0 Å². The summed E-state index contributed by atoms with van der Waals surface area (Å²) < 4.78 is 6.08. The molecule has 144 valence electrons. The molecule has 0 aromatic heterocycles. The molecule has 0 bridgehead atoms. The highest BCUT2D eigenvalue weighted by Crippen LogP contribution is 2.39. The van der Waals surface area contributed by atoms with E-state index in [0.717, 1.165) is 37.1 Å². The third kappa shape index (κ3) is 5.75. The minimum absolute atomic E-state index is 0. The first-order valence-corrected chi connectivity index (χ1v) is 9.09. The molecule has 1 heterocycles. The molecule has 0 radical (unpaired) electrons. The number of rotatable bonds is 5. The lowest BCUT2D eigenvalue weighted by Gasteiger charge is -2.38. The maximum absolute atomic E-state index is 11.9. The van der Waals surface area contributed by atoms with Crippen molar-refractivity contribution < 1.29 is 9.53 Å². The van der Waals surface area contributed by atoms with Crippen LogP contribution in [0.25, 0.3) is 0 Å². The second-order valence-corrected chi connectivity index (χ2v) is 7.34. The molecule has 0 spiro atoms. The van der Waals surface area contributed by atoms with Crippen LogP contribution in [0.2, 0.25) is 0 Å². The van der Waals surface area contributed by atoms with Crippen molar-refractivity contribution in [1.82, 2.24) is 16.0 Å². The number of amides is 1. The Bertz CT molecular complexity index is 659. The Balaban J connectivity index is 0.00000243. The topological polar surface area (TPSA) is 74.8 Å². The van der Waals surface area contributed by atoms with Crippen LogP contribution in [-0.4, -0.2) is 36.6 Å². The summed E-state index contributed by atoms with van der Waals surface area (Å²) in [5.74, 6) is 1.54. The fraction of sp³-hybridized carbons (Fsp3) is 0.579. The van der Waals surface area contributed by atoms with Gasteiger partial charge >= 0.3 is 0 Å². The minimum Gasteiger partial charge on any atom is -0.487 e. The van der Waals surface area contributed by atoms with Crippen LogP contribution in [0, 0.1) is 0 Å². The van der Waals surface area contributed by atoms with Gasteiger partial charge in [-0.2, -0.15) is 0 Å². The summed E-state index contributed by atoms with van der Waals surface area (Å²) in [6, 6.07) is 8.52. The van der Waals surface area contributed by atoms with Crippen molar-refractivity contribution >= 4 is 35.8 Å². The summed E-state index contributed by atoms with van der Waals surface area (Å²) in [6.07, 6.45) is 2.99. The van der Waals surface area contributed by atoms with Crippen LogP contribution in [0.15, 0.2) is 29.3 Å². The molecular weight excluding hydrogens is 443 g/mol. The number of hydrogen-bond acceptors (Lipinski definition) is 3. The molecule has 7 heteroatoms. The molecule has 6 nitrogen and oxygen atoms in total. The number of benzene rings is 1. The van der Waals surface area contributed by atoms with E-state index >= 15 is 0 Å². The highest BCUT2D eigenvalue weighted by Gasteiger charge is 2.34. The van der Waals surface area contributed by atoms with E-state index < -0.39 is 0 Å². The first kappa shape index (κ1) is 20.8. The van der Waals surface area contributed by atoms with E-state index in [4.69, 9.17) is 4.74 Å². The molecule has 2 aliphatic rings. The molecule has 3 N–H and O–H groups in total. The lowest BCUT2D eigenvalue weighted by Crippen LogP contribution is -2.45. The monoisotopic (exact) mass is 472 g/mol. The lowest BCUT2D eigenvalue weighted by atomic mass is 9.90. The third-order valence-electron chi connectivity index (χ3n) is 4.35. The van der Waals surface area contributed by atoms with Crippen LogP contribution in [0.5, 0.6) is 5.75 Å². The molecule has 1 atom stereocenters. The summed E-state index contributed by atoms with van der Waals surface area (Å²) in [5, 5.41) is 9.66. The van der Waals surface area contributed by atoms with Gasteiger partial charge in [0.15, 0.2) is 5.96 Å². The Morgan fingerprint density at radius 2 is 2.00 bits per heavy atom. The van der Waals surface area contributed by atoms with Crippen LogP contribution in [0.1, 0.15) is 51.6 Å². The highest BCUT2D eigenvalue weighted by atomic mass is 127. The van der Waals surface area contributed by atoms with E-state index in [1.807, 2.05) is 25.1 Å². The first-order chi connectivity index (χ1) is 12.0. The van der Waals surface area contributed by atoms with E-state index in [1.165, 1.54) is 0 Å². The number of hydrogen-bond donors (Lipinski definition) is 3. The van der Waals surface area contributed by atoms with Gasteiger partial charge < -0.3 is 20.7 Å². The minimum atomic E-state index is -0.257. The zero-order valence-corrected chi connectivity index (χ0v) is 18.0. The summed E-state index contributed by atoms with van der Waals surface area (Å²) in [6.45, 7) is 7.07. The van der Waals surface area contributed by atoms with Crippen molar-refractivity contribution in [3.8, 4) is 5.75 Å². The average molecular weight is 472 g/mol. The maximum atomic E-state index is 11.9. The van der Waals surface area contributed by atoms with E-state index in [9.17, 15) is 4.79 Å². The molecule has 1 aromatic rings. The molecule has 1 saturated carbocycles. The fourth-order valence-corrected chi connectivity index (χ4v) is 3.07. The Hall–Kier alpha value is -1.51. The number of carbonyl (C=O) groups is 1. The Morgan fingerprint density at radius 3 is 2.69 bits per heavy atom. The number of nitrogens with zero attached hydrogens (tertiary/aromatic N) is 1. The van der Waals surface area contributed by atoms with Gasteiger partial charge in [-0.3, -0.25) is 4.79 Å². The maximum Gasteiger partial charge on any atom is 0.242 e. The first-order valence-electron chi connectivity index (χ1n) is 9.09. The van der Waals surface area contributed by atoms with Gasteiger partial charge in [-0.05, 0) is 39.7 Å². The van der Waals surface area contributed by atoms with Crippen LogP contribution in [0.4, 0.5) is 0 Å². The zero-order chi connectivity index (χ0) is 17.9. The third-order valence-corrected chi connectivity index (χ3v) is 4.35. The zero-order valence-electron chi connectivity index (χ0n) is 15.7. The molecule has 3 rings (SSSR count). The predicted molar refractivity (Wildman–Crippen MR) is 114 cm³/mol. The Labute approximate surface area is 172 Å². The number of ether oxygens (including phenoxy) is 1. The second-order valence-electron chi connectivity index (χ2n) is 7.34. The van der Waals surface area contributed by atoms with E-state index in [1.54, 1.807) is 0 Å². The van der Waals surface area contributed by atoms with E-state index in [-0.39, 0.29) is 48.1 Å². The van der Waals surface area contributed by atoms with Crippen LogP contribution >= 0.6 is 24.0 Å². The molecule has 1 unspecified atom stereocenters. The molecular formula is C19H29IN4O2. The van der Waals surface area contributed by atoms with Crippen molar-refractivity contribution in [2.24, 2.45) is 4.99 Å². The molecule has 1 fully saturated rings. The number of nitrogens with one attached hydrogen (secondary N) is 3. The van der Waals surface area contributed by atoms with Gasteiger partial charge in [0.25, 0.3) is 0 Å². The summed E-state index contributed by atoms with van der Waals surface area (Å²) in [5.41, 5.74) is 0.863. The van der Waals surface area contributed by atoms with Gasteiger partial charge in [0.1, 0.15) is 17.9 Å². The van der Waals surface area contributed by atoms with Crippen molar-refractivity contribution in [2.45, 2.75) is 57.7 Å². The van der Waals surface area contributed by atoms with Crippen molar-refractivity contribution in [1.29, 1.82) is 0 Å². The summed E-state index contributed by atoms with van der Waals surface area (Å²) in [4.78, 5) is 16.4. The largest absolute Gasteiger partial charge is 0.487 e. The molecule has 1 aromatic carbocycles. The number of halogens is 1. The number of guanidine groups is 1. The average Bonchev–Trinajstić information content (AvgIpc) is 3.35. The number of carbonyl (C=O) groups excluding carboxylic acids is 1. The van der Waals surface area contributed by atoms with Crippen molar-refractivity contribution in [3.63, 3.8) is 0 Å². The molecule has 1 aliphatic carbocycles. The van der Waals surface area contributed by atoms with Gasteiger partial charge in [0.2, 0.25) is 5.91 Å². The molecule has 1 amide bonds. The smallest absolute Gasteiger partial charge is 0.242 e. The normalized spacial score (nSPS) is 20.9. The van der Waals surface area contributed by atoms with Crippen LogP contribution in [-0.2, 0) is 4.79 Å². The molecule has 26 heavy (non-hydrogen) atoms. The fourth-order valence-electron chi connectivity index (χ4n) is 3.07. The SMILES string of the molecule is CCNC(=NCC(=O)NC1CC1)NC1CC(C)(C)Oc2ccccc21.I. The lowest BCUT2D eigenvalue weighted by molar-refractivity contribution is -0.119. The van der Waals surface area contributed by atoms with E-state index in [2.05, 4.69) is 40.9 Å². The van der Waals surface area contributed by atoms with Gasteiger partial charge in [-0.25, -0.2) is 4.99 Å². The highest BCUT2D eigenvalue weighted by molar-refractivity contribution is 14.0. The quantitative estimate of drug-likeness (QED) is 0.350. The predicted octanol–water partition coefficient (Wildman–Crippen LogP) is 2.74. The van der Waals surface area contributed by atoms with Crippen molar-refractivity contribution in [2.75, 3.05) is 13.1 Å². The number of fused-ring (bicyclic) bond motifs is 1. The standard InChI is InChI=1S/C19H28N4O2.HI/c1-4-20-18(21-12-17(24)22-13-9-10-13)23-15-11-19(2,3)25-16-8-6-5-7-14(15)16;/h5-8,13,15H,4,9-12H2,1-3H3,(H,22,24)(H2,20,21,23);1H. The summed E-state index contributed by atoms with van der Waals surface area (Å²) >= 11 is 0. The number of para-hydroxylation sites is 1. The van der Waals surface area contributed by atoms with Crippen LogP contribution < -0.4 is 20.7 Å². The Morgan fingerprint density at radius 1 is 1.27 bits per heavy atom. The molecule has 1 aliphatic heterocycles. The van der Waals surface area contributed by atoms with Gasteiger partial charge in [0.05, 0.1) is 6.04 Å². The van der Waals surface area contributed by atoms with Crippen molar-refractivity contribution in [3.05, 3.63) is 29.8 Å². The molecule has 0 saturated heterocycles. The number of aliphatic imine (C=N–C) groups is 1.